The fourth-order valence-corrected chi connectivity index (χ4v) is 0.856. The lowest BCUT2D eigenvalue weighted by Crippen LogP contribution is -2.37. The Morgan fingerprint density at radius 2 is 2.33 bits per heavy atom. The normalized spacial score (nSPS) is 26.3. The second-order valence-corrected chi connectivity index (χ2v) is 2.34. The standard InChI is InChI=1S/C7H12N2/c1-6-4-3-5-7(2)9(6)8/h3-6H,8H2,1-2H3. The van der Waals surface area contributed by atoms with Crippen LogP contribution in [0.3, 0.4) is 0 Å². The molecule has 0 aromatic heterocycles. The van der Waals surface area contributed by atoms with Crippen LogP contribution in [-0.2, 0) is 0 Å². The van der Waals surface area contributed by atoms with Crippen molar-refractivity contribution in [3.8, 4) is 0 Å². The molecule has 1 aliphatic rings. The topological polar surface area (TPSA) is 29.3 Å². The first-order chi connectivity index (χ1) is 4.22. The molecule has 0 radical (unpaired) electrons. The van der Waals surface area contributed by atoms with E-state index in [1.165, 1.54) is 0 Å². The molecule has 0 saturated heterocycles. The Labute approximate surface area is 55.6 Å². The van der Waals surface area contributed by atoms with Crippen molar-refractivity contribution in [2.45, 2.75) is 19.9 Å². The van der Waals surface area contributed by atoms with Crippen LogP contribution in [-0.4, -0.2) is 11.1 Å². The number of rotatable bonds is 0. The van der Waals surface area contributed by atoms with Gasteiger partial charge in [-0.25, -0.2) is 5.84 Å². The van der Waals surface area contributed by atoms with E-state index in [0.29, 0.717) is 6.04 Å². The third-order valence-corrected chi connectivity index (χ3v) is 1.57. The number of hydrogen-bond donors (Lipinski definition) is 1. The lowest BCUT2D eigenvalue weighted by atomic mass is 10.2. The molecule has 0 saturated carbocycles. The molecule has 0 aromatic rings. The zero-order valence-electron chi connectivity index (χ0n) is 5.83. The van der Waals surface area contributed by atoms with Crippen LogP contribution in [0.5, 0.6) is 0 Å². The molecule has 0 spiro atoms. The SMILES string of the molecule is CC1=CC=CC(C)N1N. The quantitative estimate of drug-likeness (QED) is 0.488. The van der Waals surface area contributed by atoms with Crippen molar-refractivity contribution in [1.29, 1.82) is 0 Å². The van der Waals surface area contributed by atoms with E-state index in [2.05, 4.69) is 13.0 Å². The molecule has 0 aliphatic carbocycles. The number of allylic oxidation sites excluding steroid dienone is 3. The monoisotopic (exact) mass is 124 g/mol. The summed E-state index contributed by atoms with van der Waals surface area (Å²) in [6.07, 6.45) is 6.09. The molecule has 1 atom stereocenters. The van der Waals surface area contributed by atoms with Crippen molar-refractivity contribution in [3.63, 3.8) is 0 Å². The highest BCUT2D eigenvalue weighted by Gasteiger charge is 2.07. The van der Waals surface area contributed by atoms with E-state index in [1.807, 2.05) is 19.1 Å². The Hall–Kier alpha value is -0.760. The number of hydrogen-bond acceptors (Lipinski definition) is 2. The van der Waals surface area contributed by atoms with Gasteiger partial charge < -0.3 is 5.01 Å². The van der Waals surface area contributed by atoms with Crippen molar-refractivity contribution in [2.75, 3.05) is 0 Å². The highest BCUT2D eigenvalue weighted by Crippen LogP contribution is 2.09. The molecule has 2 N–H and O–H groups in total. The maximum Gasteiger partial charge on any atom is 0.0603 e. The first kappa shape index (κ1) is 6.36. The molecular formula is C7H12N2. The lowest BCUT2D eigenvalue weighted by molar-refractivity contribution is 0.315. The van der Waals surface area contributed by atoms with Gasteiger partial charge in [-0.3, -0.25) is 0 Å². The van der Waals surface area contributed by atoms with Gasteiger partial charge in [-0.05, 0) is 19.9 Å². The Balaban J connectivity index is 2.73. The Morgan fingerprint density at radius 1 is 1.67 bits per heavy atom. The van der Waals surface area contributed by atoms with Gasteiger partial charge in [0.2, 0.25) is 0 Å². The van der Waals surface area contributed by atoms with Gasteiger partial charge >= 0.3 is 0 Å². The van der Waals surface area contributed by atoms with E-state index in [9.17, 15) is 0 Å². The summed E-state index contributed by atoms with van der Waals surface area (Å²) in [5.74, 6) is 5.64. The molecule has 9 heavy (non-hydrogen) atoms. The minimum absolute atomic E-state index is 0.343. The van der Waals surface area contributed by atoms with Gasteiger partial charge in [0.05, 0.1) is 6.04 Å². The van der Waals surface area contributed by atoms with E-state index in [0.717, 1.165) is 5.70 Å². The third-order valence-electron chi connectivity index (χ3n) is 1.57. The third kappa shape index (κ3) is 1.13. The molecule has 0 aromatic carbocycles. The van der Waals surface area contributed by atoms with E-state index in [-0.39, 0.29) is 0 Å². The van der Waals surface area contributed by atoms with Crippen LogP contribution >= 0.6 is 0 Å². The Bertz CT molecular complexity index is 158. The molecule has 50 valence electrons. The first-order valence-electron chi connectivity index (χ1n) is 3.11. The predicted octanol–water partition coefficient (Wildman–Crippen LogP) is 1.02. The van der Waals surface area contributed by atoms with Crippen LogP contribution < -0.4 is 5.84 Å². The number of nitrogens with two attached hydrogens (primary N) is 1. The molecule has 1 unspecified atom stereocenters. The molecule has 2 heteroatoms. The molecule has 1 rings (SSSR count). The summed E-state index contributed by atoms with van der Waals surface area (Å²) in [5, 5.41) is 1.75. The molecule has 0 fully saturated rings. The summed E-state index contributed by atoms with van der Waals surface area (Å²) >= 11 is 0. The van der Waals surface area contributed by atoms with Crippen LogP contribution in [0.2, 0.25) is 0 Å². The van der Waals surface area contributed by atoms with Gasteiger partial charge in [-0.15, -0.1) is 0 Å². The molecule has 0 amide bonds. The Kier molecular flexibility index (Phi) is 1.58. The van der Waals surface area contributed by atoms with Crippen molar-refractivity contribution < 1.29 is 0 Å². The predicted molar refractivity (Wildman–Crippen MR) is 38.4 cm³/mol. The molecule has 1 aliphatic heterocycles. The summed E-state index contributed by atoms with van der Waals surface area (Å²) in [4.78, 5) is 0. The minimum atomic E-state index is 0.343. The zero-order chi connectivity index (χ0) is 6.85. The first-order valence-corrected chi connectivity index (χ1v) is 3.11. The number of hydrazine groups is 1. The van der Waals surface area contributed by atoms with Crippen LogP contribution in [0, 0.1) is 0 Å². The summed E-state index contributed by atoms with van der Waals surface area (Å²) in [7, 11) is 0. The molecular weight excluding hydrogens is 112 g/mol. The number of nitrogens with zero attached hydrogens (tertiary/aromatic N) is 1. The van der Waals surface area contributed by atoms with Crippen LogP contribution in [0.15, 0.2) is 23.9 Å². The fraction of sp³-hybridized carbons (Fsp3) is 0.429. The van der Waals surface area contributed by atoms with E-state index < -0.39 is 0 Å². The molecule has 1 heterocycles. The summed E-state index contributed by atoms with van der Waals surface area (Å²) in [5.41, 5.74) is 1.12. The average molecular weight is 124 g/mol. The van der Waals surface area contributed by atoms with E-state index >= 15 is 0 Å². The van der Waals surface area contributed by atoms with Crippen LogP contribution in [0.1, 0.15) is 13.8 Å². The highest BCUT2D eigenvalue weighted by molar-refractivity contribution is 5.17. The molecule has 0 bridgehead atoms. The average Bonchev–Trinajstić information content (AvgIpc) is 1.83. The van der Waals surface area contributed by atoms with Crippen molar-refractivity contribution in [1.82, 2.24) is 5.01 Å². The highest BCUT2D eigenvalue weighted by atomic mass is 15.4. The van der Waals surface area contributed by atoms with Gasteiger partial charge in [0.25, 0.3) is 0 Å². The summed E-state index contributed by atoms with van der Waals surface area (Å²) < 4.78 is 0. The lowest BCUT2D eigenvalue weighted by Gasteiger charge is -2.26. The maximum atomic E-state index is 5.64. The summed E-state index contributed by atoms with van der Waals surface area (Å²) in [6, 6.07) is 0.343. The van der Waals surface area contributed by atoms with Crippen molar-refractivity contribution >= 4 is 0 Å². The minimum Gasteiger partial charge on any atom is -0.309 e. The smallest absolute Gasteiger partial charge is 0.0603 e. The fourth-order valence-electron chi connectivity index (χ4n) is 0.856. The van der Waals surface area contributed by atoms with E-state index in [1.54, 1.807) is 5.01 Å². The van der Waals surface area contributed by atoms with Crippen molar-refractivity contribution in [3.05, 3.63) is 23.9 Å². The molecule has 2 nitrogen and oxygen atoms in total. The van der Waals surface area contributed by atoms with Crippen LogP contribution in [0.4, 0.5) is 0 Å². The van der Waals surface area contributed by atoms with Crippen LogP contribution in [0.25, 0.3) is 0 Å². The van der Waals surface area contributed by atoms with Gasteiger partial charge in [0.15, 0.2) is 0 Å². The van der Waals surface area contributed by atoms with Gasteiger partial charge in [0, 0.05) is 5.70 Å². The van der Waals surface area contributed by atoms with Gasteiger partial charge in [-0.1, -0.05) is 12.2 Å². The Morgan fingerprint density at radius 3 is 2.78 bits per heavy atom. The second kappa shape index (κ2) is 2.23. The van der Waals surface area contributed by atoms with E-state index in [4.69, 9.17) is 5.84 Å². The van der Waals surface area contributed by atoms with Gasteiger partial charge in [-0.2, -0.15) is 0 Å². The second-order valence-electron chi connectivity index (χ2n) is 2.34. The van der Waals surface area contributed by atoms with Gasteiger partial charge in [0.1, 0.15) is 0 Å². The maximum absolute atomic E-state index is 5.64. The van der Waals surface area contributed by atoms with Crippen molar-refractivity contribution in [2.24, 2.45) is 5.84 Å². The zero-order valence-corrected chi connectivity index (χ0v) is 5.83. The largest absolute Gasteiger partial charge is 0.309 e. The summed E-state index contributed by atoms with van der Waals surface area (Å²) in [6.45, 7) is 4.06.